The predicted molar refractivity (Wildman–Crippen MR) is 114 cm³/mol. The molecule has 30 heavy (non-hydrogen) atoms. The smallest absolute Gasteiger partial charge is 0.266 e. The van der Waals surface area contributed by atoms with Crippen LogP contribution in [0.4, 0.5) is 14.6 Å². The highest BCUT2D eigenvalue weighted by atomic mass is 35.5. The summed E-state index contributed by atoms with van der Waals surface area (Å²) in [5.41, 5.74) is 2.77. The van der Waals surface area contributed by atoms with Crippen molar-refractivity contribution in [2.45, 2.75) is 26.2 Å². The first-order valence-corrected chi connectivity index (χ1v) is 9.93. The number of anilines is 1. The number of methoxy groups -OCH3 is 2. The molecule has 0 N–H and O–H groups in total. The first-order chi connectivity index (χ1) is 14.2. The summed E-state index contributed by atoms with van der Waals surface area (Å²) in [6.07, 6.45) is 1.53. The second-order valence-electron chi connectivity index (χ2n) is 7.50. The highest BCUT2D eigenvalue weighted by molar-refractivity contribution is 6.35. The number of fused-ring (bicyclic) bond motifs is 1. The van der Waals surface area contributed by atoms with Crippen molar-refractivity contribution in [3.8, 4) is 22.8 Å². The molecule has 8 heteroatoms. The van der Waals surface area contributed by atoms with Gasteiger partial charge in [0, 0.05) is 52.8 Å². The van der Waals surface area contributed by atoms with E-state index in [0.29, 0.717) is 33.6 Å². The number of aromatic nitrogens is 2. The molecule has 4 rings (SSSR count). The molecule has 3 heterocycles. The molecular formula is C22H22ClF2N3O2. The zero-order valence-electron chi connectivity index (χ0n) is 17.2. The lowest BCUT2D eigenvalue weighted by Crippen LogP contribution is -2.26. The Bertz CT molecular complexity index is 1110. The van der Waals surface area contributed by atoms with E-state index in [9.17, 15) is 8.78 Å². The Balaban J connectivity index is 1.99. The lowest BCUT2D eigenvalue weighted by molar-refractivity contribution is 0.0257. The molecule has 0 bridgehead atoms. The standard InChI is InChI=1S/C22H22ClF2N3O2/c1-12-7-15-14(10-26-12)8-16(27-21(15)28-6-5-22(24,25)11-28)19-13(2)17(29-3)9-18(30-4)20(19)23/h7-10H,5-6,11H2,1-4H3. The third kappa shape index (κ3) is 3.51. The first kappa shape index (κ1) is 20.6. The third-order valence-corrected chi connectivity index (χ3v) is 5.81. The molecule has 0 radical (unpaired) electrons. The fourth-order valence-electron chi connectivity index (χ4n) is 3.89. The molecule has 1 saturated heterocycles. The number of alkyl halides is 2. The Labute approximate surface area is 178 Å². The summed E-state index contributed by atoms with van der Waals surface area (Å²) in [5, 5.41) is 1.97. The third-order valence-electron chi connectivity index (χ3n) is 5.44. The zero-order valence-corrected chi connectivity index (χ0v) is 18.0. The number of ether oxygens (including phenoxy) is 2. The van der Waals surface area contributed by atoms with Gasteiger partial charge in [-0.1, -0.05) is 11.6 Å². The molecule has 1 aromatic carbocycles. The van der Waals surface area contributed by atoms with Crippen LogP contribution in [0.5, 0.6) is 11.5 Å². The molecular weight excluding hydrogens is 412 g/mol. The Hall–Kier alpha value is -2.67. The highest BCUT2D eigenvalue weighted by Crippen LogP contribution is 2.44. The summed E-state index contributed by atoms with van der Waals surface area (Å²) in [5.74, 6) is -1.18. The lowest BCUT2D eigenvalue weighted by atomic mass is 10.0. The van der Waals surface area contributed by atoms with Crippen LogP contribution >= 0.6 is 11.6 Å². The molecule has 3 aromatic rings. The number of aryl methyl sites for hydroxylation is 1. The summed E-state index contributed by atoms with van der Waals surface area (Å²) >= 11 is 6.64. The minimum Gasteiger partial charge on any atom is -0.496 e. The van der Waals surface area contributed by atoms with Gasteiger partial charge in [-0.2, -0.15) is 0 Å². The SMILES string of the molecule is COc1cc(OC)c(Cl)c(-c2cc3cnc(C)cc3c(N3CCC(F)(F)C3)n2)c1C. The summed E-state index contributed by atoms with van der Waals surface area (Å²) in [7, 11) is 3.09. The Morgan fingerprint density at radius 2 is 1.83 bits per heavy atom. The summed E-state index contributed by atoms with van der Waals surface area (Å²) < 4.78 is 38.8. The molecule has 0 amide bonds. The zero-order chi connectivity index (χ0) is 21.6. The summed E-state index contributed by atoms with van der Waals surface area (Å²) in [6.45, 7) is 3.61. The average molecular weight is 434 g/mol. The lowest BCUT2D eigenvalue weighted by Gasteiger charge is -2.22. The molecule has 2 aromatic heterocycles. The molecule has 5 nitrogen and oxygen atoms in total. The predicted octanol–water partition coefficient (Wildman–Crippen LogP) is 5.43. The van der Waals surface area contributed by atoms with Crippen LogP contribution in [-0.2, 0) is 0 Å². The van der Waals surface area contributed by atoms with Gasteiger partial charge in [0.1, 0.15) is 17.3 Å². The van der Waals surface area contributed by atoms with Gasteiger partial charge in [-0.05, 0) is 26.0 Å². The van der Waals surface area contributed by atoms with Crippen molar-refractivity contribution in [1.29, 1.82) is 0 Å². The van der Waals surface area contributed by atoms with Gasteiger partial charge in [-0.15, -0.1) is 0 Å². The molecule has 0 unspecified atom stereocenters. The van der Waals surface area contributed by atoms with E-state index >= 15 is 0 Å². The van der Waals surface area contributed by atoms with E-state index in [1.807, 2.05) is 26.0 Å². The van der Waals surface area contributed by atoms with Crippen molar-refractivity contribution in [3.05, 3.63) is 40.7 Å². The number of rotatable bonds is 4. The fraction of sp³-hybridized carbons (Fsp3) is 0.364. The average Bonchev–Trinajstić information content (AvgIpc) is 3.07. The van der Waals surface area contributed by atoms with E-state index < -0.39 is 5.92 Å². The van der Waals surface area contributed by atoms with Crippen LogP contribution < -0.4 is 14.4 Å². The summed E-state index contributed by atoms with van der Waals surface area (Å²) in [6, 6.07) is 5.46. The number of hydrogen-bond donors (Lipinski definition) is 0. The van der Waals surface area contributed by atoms with E-state index in [-0.39, 0.29) is 19.5 Å². The van der Waals surface area contributed by atoms with Gasteiger partial charge in [-0.25, -0.2) is 13.8 Å². The van der Waals surface area contributed by atoms with Crippen LogP contribution in [0.3, 0.4) is 0 Å². The number of benzene rings is 1. The van der Waals surface area contributed by atoms with Crippen molar-refractivity contribution >= 4 is 28.2 Å². The molecule has 0 aliphatic carbocycles. The van der Waals surface area contributed by atoms with Gasteiger partial charge in [0.05, 0.1) is 31.5 Å². The highest BCUT2D eigenvalue weighted by Gasteiger charge is 2.39. The maximum absolute atomic E-state index is 14.0. The second kappa shape index (κ2) is 7.54. The monoisotopic (exact) mass is 433 g/mol. The molecule has 0 saturated carbocycles. The molecule has 1 aliphatic rings. The van der Waals surface area contributed by atoms with Gasteiger partial charge < -0.3 is 14.4 Å². The number of hydrogen-bond acceptors (Lipinski definition) is 5. The van der Waals surface area contributed by atoms with Gasteiger partial charge >= 0.3 is 0 Å². The maximum atomic E-state index is 14.0. The van der Waals surface area contributed by atoms with E-state index in [2.05, 4.69) is 4.98 Å². The van der Waals surface area contributed by atoms with Crippen LogP contribution in [0.2, 0.25) is 5.02 Å². The van der Waals surface area contributed by atoms with Crippen molar-refractivity contribution in [2.75, 3.05) is 32.2 Å². The normalized spacial score (nSPS) is 15.6. The molecule has 0 atom stereocenters. The largest absolute Gasteiger partial charge is 0.496 e. The Morgan fingerprint density at radius 1 is 1.10 bits per heavy atom. The molecule has 1 fully saturated rings. The van der Waals surface area contributed by atoms with Gasteiger partial charge in [-0.3, -0.25) is 4.98 Å². The minimum absolute atomic E-state index is 0.197. The van der Waals surface area contributed by atoms with E-state index in [4.69, 9.17) is 26.1 Å². The van der Waals surface area contributed by atoms with E-state index in [0.717, 1.165) is 22.0 Å². The van der Waals surface area contributed by atoms with Gasteiger partial charge in [0.25, 0.3) is 5.92 Å². The minimum atomic E-state index is -2.74. The van der Waals surface area contributed by atoms with Crippen molar-refractivity contribution < 1.29 is 18.3 Å². The quantitative estimate of drug-likeness (QED) is 0.549. The fourth-order valence-corrected chi connectivity index (χ4v) is 4.26. The molecule has 158 valence electrons. The number of nitrogens with zero attached hydrogens (tertiary/aromatic N) is 3. The number of pyridine rings is 2. The maximum Gasteiger partial charge on any atom is 0.266 e. The first-order valence-electron chi connectivity index (χ1n) is 9.55. The van der Waals surface area contributed by atoms with E-state index in [1.165, 1.54) is 7.11 Å². The second-order valence-corrected chi connectivity index (χ2v) is 7.88. The number of halogens is 3. The van der Waals surface area contributed by atoms with Crippen molar-refractivity contribution in [2.24, 2.45) is 0 Å². The van der Waals surface area contributed by atoms with Crippen LogP contribution in [-0.4, -0.2) is 43.2 Å². The van der Waals surface area contributed by atoms with Gasteiger partial charge in [0.15, 0.2) is 0 Å². The topological polar surface area (TPSA) is 47.5 Å². The van der Waals surface area contributed by atoms with Crippen LogP contribution in [0.1, 0.15) is 17.7 Å². The van der Waals surface area contributed by atoms with Crippen LogP contribution in [0, 0.1) is 13.8 Å². The Morgan fingerprint density at radius 3 is 2.47 bits per heavy atom. The van der Waals surface area contributed by atoms with E-state index in [1.54, 1.807) is 24.3 Å². The van der Waals surface area contributed by atoms with Gasteiger partial charge in [0.2, 0.25) is 0 Å². The Kier molecular flexibility index (Phi) is 5.18. The molecule has 1 aliphatic heterocycles. The molecule has 0 spiro atoms. The van der Waals surface area contributed by atoms with Crippen molar-refractivity contribution in [3.63, 3.8) is 0 Å². The van der Waals surface area contributed by atoms with Crippen molar-refractivity contribution in [1.82, 2.24) is 9.97 Å². The van der Waals surface area contributed by atoms with Crippen LogP contribution in [0.15, 0.2) is 24.4 Å². The summed E-state index contributed by atoms with van der Waals surface area (Å²) in [4.78, 5) is 10.8. The van der Waals surface area contributed by atoms with Crippen LogP contribution in [0.25, 0.3) is 22.0 Å².